The van der Waals surface area contributed by atoms with Gasteiger partial charge < -0.3 is 10.7 Å². The first-order valence-corrected chi connectivity index (χ1v) is 5.02. The molecule has 5 heteroatoms. The summed E-state index contributed by atoms with van der Waals surface area (Å²) in [4.78, 5) is 7.43. The van der Waals surface area contributed by atoms with Crippen LogP contribution in [0.2, 0.25) is 0 Å². The zero-order valence-corrected chi connectivity index (χ0v) is 7.98. The highest BCUT2D eigenvalue weighted by molar-refractivity contribution is 7.98. The van der Waals surface area contributed by atoms with Crippen LogP contribution in [0, 0.1) is 0 Å². The van der Waals surface area contributed by atoms with Crippen molar-refractivity contribution in [2.45, 2.75) is 5.16 Å². The van der Waals surface area contributed by atoms with E-state index in [0.717, 1.165) is 16.2 Å². The topological polar surface area (TPSA) is 54.7 Å². The number of aromatic nitrogens is 2. The lowest BCUT2D eigenvalue weighted by Crippen LogP contribution is -2.08. The van der Waals surface area contributed by atoms with Crippen LogP contribution in [-0.2, 0) is 0 Å². The highest BCUT2D eigenvalue weighted by Gasteiger charge is 2.03. The number of nitrogens with one attached hydrogen (secondary N) is 1. The van der Waals surface area contributed by atoms with Crippen LogP contribution in [0.5, 0.6) is 0 Å². The van der Waals surface area contributed by atoms with E-state index in [2.05, 4.69) is 9.97 Å². The lowest BCUT2D eigenvalue weighted by Gasteiger charge is -1.97. The molecule has 0 fully saturated rings. The highest BCUT2D eigenvalue weighted by Crippen LogP contribution is 2.17. The van der Waals surface area contributed by atoms with Crippen LogP contribution < -0.4 is 11.2 Å². The SMILES string of the molecule is [B]c1cc2[nH]c(SC)nc2cc1N. The van der Waals surface area contributed by atoms with Crippen LogP contribution >= 0.6 is 11.8 Å². The molecule has 0 aliphatic heterocycles. The van der Waals surface area contributed by atoms with Crippen molar-refractivity contribution < 1.29 is 0 Å². The van der Waals surface area contributed by atoms with Crippen LogP contribution in [0.15, 0.2) is 17.3 Å². The first kappa shape index (κ1) is 8.50. The number of thioether (sulfide) groups is 1. The second kappa shape index (κ2) is 2.99. The van der Waals surface area contributed by atoms with Gasteiger partial charge in [-0.05, 0) is 18.4 Å². The number of hydrogen-bond donors (Lipinski definition) is 2. The molecule has 0 spiro atoms. The molecule has 1 aromatic heterocycles. The van der Waals surface area contributed by atoms with Crippen molar-refractivity contribution in [1.82, 2.24) is 9.97 Å². The number of benzene rings is 1. The molecule has 1 aromatic carbocycles. The maximum Gasteiger partial charge on any atom is 0.166 e. The molecule has 2 radical (unpaired) electrons. The summed E-state index contributed by atoms with van der Waals surface area (Å²) in [6, 6.07) is 3.58. The molecule has 0 bridgehead atoms. The number of nitrogens with two attached hydrogens (primary N) is 1. The zero-order chi connectivity index (χ0) is 9.42. The summed E-state index contributed by atoms with van der Waals surface area (Å²) in [6.07, 6.45) is 1.96. The Morgan fingerprint density at radius 1 is 1.54 bits per heavy atom. The highest BCUT2D eigenvalue weighted by atomic mass is 32.2. The fourth-order valence-electron chi connectivity index (χ4n) is 1.16. The predicted molar refractivity (Wildman–Crippen MR) is 57.7 cm³/mol. The number of anilines is 1. The van der Waals surface area contributed by atoms with E-state index >= 15 is 0 Å². The third-order valence-corrected chi connectivity index (χ3v) is 2.44. The van der Waals surface area contributed by atoms with Crippen molar-refractivity contribution in [3.05, 3.63) is 12.1 Å². The number of nitrogens with zero attached hydrogens (tertiary/aromatic N) is 1. The minimum absolute atomic E-state index is 0.576. The summed E-state index contributed by atoms with van der Waals surface area (Å²) in [5.41, 5.74) is 8.60. The van der Waals surface area contributed by atoms with E-state index in [1.54, 1.807) is 23.9 Å². The van der Waals surface area contributed by atoms with Gasteiger partial charge in [-0.3, -0.25) is 0 Å². The van der Waals surface area contributed by atoms with E-state index in [1.807, 2.05) is 6.26 Å². The van der Waals surface area contributed by atoms with Gasteiger partial charge in [0.15, 0.2) is 5.16 Å². The summed E-state index contributed by atoms with van der Waals surface area (Å²) < 4.78 is 0. The molecule has 3 N–H and O–H groups in total. The first-order chi connectivity index (χ1) is 6.20. The molecule has 0 amide bonds. The molecule has 0 unspecified atom stereocenters. The Morgan fingerprint density at radius 2 is 2.31 bits per heavy atom. The summed E-state index contributed by atoms with van der Waals surface area (Å²) in [5, 5.41) is 0.875. The summed E-state index contributed by atoms with van der Waals surface area (Å²) >= 11 is 1.56. The quantitative estimate of drug-likeness (QED) is 0.393. The van der Waals surface area contributed by atoms with Gasteiger partial charge in [0, 0.05) is 5.69 Å². The predicted octanol–water partition coefficient (Wildman–Crippen LogP) is 0.661. The van der Waals surface area contributed by atoms with Crippen LogP contribution in [0.25, 0.3) is 11.0 Å². The van der Waals surface area contributed by atoms with E-state index in [-0.39, 0.29) is 0 Å². The molecule has 0 saturated carbocycles. The van der Waals surface area contributed by atoms with E-state index in [1.165, 1.54) is 0 Å². The molecular formula is C8H8BN3S. The van der Waals surface area contributed by atoms with Gasteiger partial charge in [0.05, 0.1) is 11.0 Å². The molecular weight excluding hydrogens is 181 g/mol. The largest absolute Gasteiger partial charge is 0.399 e. The molecule has 3 nitrogen and oxygen atoms in total. The molecule has 2 aromatic rings. The number of aromatic amines is 1. The van der Waals surface area contributed by atoms with E-state index in [0.29, 0.717) is 11.2 Å². The smallest absolute Gasteiger partial charge is 0.166 e. The molecule has 1 heterocycles. The second-order valence-corrected chi connectivity index (χ2v) is 3.54. The third kappa shape index (κ3) is 1.39. The molecule has 2 rings (SSSR count). The Hall–Kier alpha value is -1.10. The molecule has 0 aliphatic rings. The van der Waals surface area contributed by atoms with Crippen LogP contribution in [0.4, 0.5) is 5.69 Å². The van der Waals surface area contributed by atoms with Crippen LogP contribution in [0.1, 0.15) is 0 Å². The monoisotopic (exact) mass is 189 g/mol. The number of H-pyrrole nitrogens is 1. The van der Waals surface area contributed by atoms with Gasteiger partial charge >= 0.3 is 0 Å². The van der Waals surface area contributed by atoms with Gasteiger partial charge in [-0.25, -0.2) is 4.98 Å². The summed E-state index contributed by atoms with van der Waals surface area (Å²) in [5.74, 6) is 0. The van der Waals surface area contributed by atoms with Gasteiger partial charge in [-0.1, -0.05) is 17.2 Å². The van der Waals surface area contributed by atoms with Crippen LogP contribution in [0.3, 0.4) is 0 Å². The van der Waals surface area contributed by atoms with Gasteiger partial charge in [0.25, 0.3) is 0 Å². The normalized spacial score (nSPS) is 10.8. The fourth-order valence-corrected chi connectivity index (χ4v) is 1.56. The Morgan fingerprint density at radius 3 is 3.00 bits per heavy atom. The standard InChI is InChI=1S/C8H8BN3S/c1-13-8-11-6-2-4(9)5(10)3-7(6)12-8/h2-3H,10H2,1H3,(H,11,12). The van der Waals surface area contributed by atoms with Crippen molar-refractivity contribution in [2.24, 2.45) is 0 Å². The number of hydrogen-bond acceptors (Lipinski definition) is 3. The molecule has 0 atom stereocenters. The Kier molecular flexibility index (Phi) is 1.96. The zero-order valence-electron chi connectivity index (χ0n) is 7.16. The number of nitrogen functional groups attached to an aromatic ring is 1. The van der Waals surface area contributed by atoms with Crippen molar-refractivity contribution in [3.63, 3.8) is 0 Å². The molecule has 0 aliphatic carbocycles. The number of rotatable bonds is 1. The van der Waals surface area contributed by atoms with Crippen LogP contribution in [-0.4, -0.2) is 24.1 Å². The first-order valence-electron chi connectivity index (χ1n) is 3.79. The summed E-state index contributed by atoms with van der Waals surface area (Å²) in [7, 11) is 5.66. The molecule has 13 heavy (non-hydrogen) atoms. The van der Waals surface area contributed by atoms with Crippen molar-refractivity contribution in [2.75, 3.05) is 12.0 Å². The van der Waals surface area contributed by atoms with Gasteiger partial charge in [-0.2, -0.15) is 0 Å². The van der Waals surface area contributed by atoms with E-state index in [4.69, 9.17) is 13.6 Å². The number of fused-ring (bicyclic) bond motifs is 1. The van der Waals surface area contributed by atoms with Gasteiger partial charge in [0.2, 0.25) is 0 Å². The maximum atomic E-state index is 5.66. The second-order valence-electron chi connectivity index (χ2n) is 2.74. The minimum atomic E-state index is 0.576. The van der Waals surface area contributed by atoms with Crippen molar-refractivity contribution in [1.29, 1.82) is 0 Å². The minimum Gasteiger partial charge on any atom is -0.399 e. The summed E-state index contributed by atoms with van der Waals surface area (Å²) in [6.45, 7) is 0. The molecule has 64 valence electrons. The number of imidazole rings is 1. The van der Waals surface area contributed by atoms with Crippen molar-refractivity contribution >= 4 is 41.8 Å². The Balaban J connectivity index is 2.70. The van der Waals surface area contributed by atoms with Gasteiger partial charge in [0.1, 0.15) is 7.85 Å². The molecule has 0 saturated heterocycles. The Labute approximate surface area is 81.5 Å². The average molecular weight is 189 g/mol. The lowest BCUT2D eigenvalue weighted by molar-refractivity contribution is 1.09. The Bertz CT molecular complexity index is 413. The lowest BCUT2D eigenvalue weighted by atomic mass is 9.94. The fraction of sp³-hybridized carbons (Fsp3) is 0.125. The maximum absolute atomic E-state index is 5.66. The average Bonchev–Trinajstić information content (AvgIpc) is 2.48. The van der Waals surface area contributed by atoms with E-state index < -0.39 is 0 Å². The van der Waals surface area contributed by atoms with Gasteiger partial charge in [-0.15, -0.1) is 0 Å². The third-order valence-electron chi connectivity index (χ3n) is 1.86. The van der Waals surface area contributed by atoms with E-state index in [9.17, 15) is 0 Å². The van der Waals surface area contributed by atoms with Crippen molar-refractivity contribution in [3.8, 4) is 0 Å².